The number of fused-ring (bicyclic) bond motifs is 2. The molecule has 35 heavy (non-hydrogen) atoms. The van der Waals surface area contributed by atoms with Crippen LogP contribution in [0.1, 0.15) is 62.8 Å². The molecule has 6 heteroatoms. The summed E-state index contributed by atoms with van der Waals surface area (Å²) in [5, 5.41) is 17.8. The van der Waals surface area contributed by atoms with Gasteiger partial charge in [-0.1, -0.05) is 37.6 Å². The van der Waals surface area contributed by atoms with E-state index in [1.54, 1.807) is 12.1 Å². The molecular weight excluding hydrogens is 442 g/mol. The van der Waals surface area contributed by atoms with Crippen LogP contribution in [0.25, 0.3) is 43.1 Å². The van der Waals surface area contributed by atoms with Crippen molar-refractivity contribution in [3.05, 3.63) is 70.8 Å². The van der Waals surface area contributed by atoms with Gasteiger partial charge in [-0.15, -0.1) is 4.58 Å². The number of unbranched alkanes of at least 4 members (excludes halogenated alkanes) is 2. The SMILES string of the molecule is CCCCC[N+]1=C(O)c2ccc3c4ccc5c6c(ccc(c7ccc(c2c73)C1=O)c64)C(=O)OC5=O. The maximum Gasteiger partial charge on any atom is 0.423 e. The summed E-state index contributed by atoms with van der Waals surface area (Å²) in [6.45, 7) is 2.58. The molecule has 0 aliphatic carbocycles. The maximum absolute atomic E-state index is 13.4. The first-order valence-corrected chi connectivity index (χ1v) is 11.9. The van der Waals surface area contributed by atoms with Gasteiger partial charge >= 0.3 is 23.7 Å². The molecule has 0 fully saturated rings. The zero-order chi connectivity index (χ0) is 24.0. The summed E-state index contributed by atoms with van der Waals surface area (Å²) in [6.07, 6.45) is 2.83. The van der Waals surface area contributed by atoms with Gasteiger partial charge in [-0.05, 0) is 63.0 Å². The highest BCUT2D eigenvalue weighted by Gasteiger charge is 2.37. The third kappa shape index (κ3) is 2.43. The highest BCUT2D eigenvalue weighted by atomic mass is 16.6. The third-order valence-corrected chi connectivity index (χ3v) is 7.48. The number of esters is 2. The van der Waals surface area contributed by atoms with Crippen molar-refractivity contribution in [3.8, 4) is 0 Å². The normalized spacial score (nSPS) is 15.3. The Labute approximate surface area is 199 Å². The Morgan fingerprint density at radius 2 is 1.14 bits per heavy atom. The molecular formula is C29H20NO5+. The van der Waals surface area contributed by atoms with Gasteiger partial charge < -0.3 is 9.84 Å². The molecule has 7 rings (SSSR count). The van der Waals surface area contributed by atoms with Crippen LogP contribution < -0.4 is 0 Å². The van der Waals surface area contributed by atoms with E-state index in [1.807, 2.05) is 36.4 Å². The Kier molecular flexibility index (Phi) is 3.93. The fourth-order valence-corrected chi connectivity index (χ4v) is 5.90. The van der Waals surface area contributed by atoms with Crippen LogP contribution in [0.3, 0.4) is 0 Å². The number of hydrogen-bond acceptors (Lipinski definition) is 4. The van der Waals surface area contributed by atoms with E-state index < -0.39 is 11.9 Å². The molecule has 0 radical (unpaired) electrons. The van der Waals surface area contributed by atoms with Crippen LogP contribution in [-0.4, -0.2) is 40.0 Å². The van der Waals surface area contributed by atoms with Crippen molar-refractivity contribution < 1.29 is 28.8 Å². The molecule has 1 N–H and O–H groups in total. The first kappa shape index (κ1) is 20.1. The number of carbonyl (C=O) groups is 3. The highest BCUT2D eigenvalue weighted by molar-refractivity contribution is 6.39. The summed E-state index contributed by atoms with van der Waals surface area (Å²) < 4.78 is 6.41. The summed E-state index contributed by atoms with van der Waals surface area (Å²) in [6, 6.07) is 14.7. The van der Waals surface area contributed by atoms with Crippen molar-refractivity contribution in [2.45, 2.75) is 26.2 Å². The van der Waals surface area contributed by atoms with Gasteiger partial charge in [0.25, 0.3) is 0 Å². The number of nitrogens with zero attached hydrogens (tertiary/aromatic N) is 1. The molecule has 2 aliphatic rings. The van der Waals surface area contributed by atoms with Crippen molar-refractivity contribution in [1.29, 1.82) is 0 Å². The Bertz CT molecular complexity index is 1780. The molecule has 5 aromatic rings. The van der Waals surface area contributed by atoms with Crippen LogP contribution in [0.2, 0.25) is 0 Å². The second-order valence-electron chi connectivity index (χ2n) is 9.31. The molecule has 1 amide bonds. The zero-order valence-corrected chi connectivity index (χ0v) is 19.0. The lowest BCUT2D eigenvalue weighted by Crippen LogP contribution is -2.33. The number of benzene rings is 5. The van der Waals surface area contributed by atoms with Crippen LogP contribution in [-0.2, 0) is 4.74 Å². The molecule has 0 saturated heterocycles. The maximum atomic E-state index is 13.4. The number of carbonyl (C=O) groups excluding carboxylic acids is 3. The number of hydrogen-bond donors (Lipinski definition) is 1. The Morgan fingerprint density at radius 1 is 0.657 bits per heavy atom. The van der Waals surface area contributed by atoms with Gasteiger partial charge in [-0.2, -0.15) is 0 Å². The molecule has 0 bridgehead atoms. The van der Waals surface area contributed by atoms with E-state index in [0.717, 1.165) is 57.0 Å². The van der Waals surface area contributed by atoms with E-state index in [9.17, 15) is 19.5 Å². The molecule has 0 aromatic heterocycles. The summed E-state index contributed by atoms with van der Waals surface area (Å²) in [7, 11) is 0. The molecule has 0 unspecified atom stereocenters. The first-order chi connectivity index (χ1) is 17.0. The molecule has 6 nitrogen and oxygen atoms in total. The summed E-state index contributed by atoms with van der Waals surface area (Å²) >= 11 is 0. The first-order valence-electron chi connectivity index (χ1n) is 11.9. The fourth-order valence-electron chi connectivity index (χ4n) is 5.90. The van der Waals surface area contributed by atoms with Crippen LogP contribution in [0.5, 0.6) is 0 Å². The lowest BCUT2D eigenvalue weighted by molar-refractivity contribution is -0.438. The monoisotopic (exact) mass is 462 g/mol. The minimum atomic E-state index is -0.643. The molecule has 5 aromatic carbocycles. The predicted octanol–water partition coefficient (Wildman–Crippen LogP) is 5.71. The van der Waals surface area contributed by atoms with E-state index in [4.69, 9.17) is 4.74 Å². The van der Waals surface area contributed by atoms with Gasteiger partial charge in [-0.25, -0.2) is 14.4 Å². The van der Waals surface area contributed by atoms with Crippen molar-refractivity contribution in [2.24, 2.45) is 0 Å². The van der Waals surface area contributed by atoms with Crippen molar-refractivity contribution >= 4 is 66.8 Å². The number of amides is 1. The molecule has 170 valence electrons. The van der Waals surface area contributed by atoms with E-state index in [0.29, 0.717) is 34.2 Å². The number of aliphatic hydroxyl groups is 1. The standard InChI is InChI=1S/C29H19NO5/c1-2-3-4-13-30-26(31)18-9-5-14-16-7-11-20-25-21(29(34)35-28(20)33)12-8-17(23(16)25)15-6-10-19(27(30)32)24(18)22(14)15/h5-12H,2-4,13H2,1H3/p+1. The molecule has 0 spiro atoms. The van der Waals surface area contributed by atoms with Crippen molar-refractivity contribution in [3.63, 3.8) is 0 Å². The fraction of sp³-hybridized carbons (Fsp3) is 0.172. The van der Waals surface area contributed by atoms with Gasteiger partial charge in [0.2, 0.25) is 0 Å². The lowest BCUT2D eigenvalue weighted by Gasteiger charge is -2.22. The highest BCUT2D eigenvalue weighted by Crippen LogP contribution is 2.45. The van der Waals surface area contributed by atoms with E-state index in [2.05, 4.69) is 6.92 Å². The van der Waals surface area contributed by atoms with Crippen molar-refractivity contribution in [2.75, 3.05) is 6.54 Å². The van der Waals surface area contributed by atoms with Gasteiger partial charge in [0.1, 0.15) is 0 Å². The molecule has 0 saturated carbocycles. The van der Waals surface area contributed by atoms with Gasteiger partial charge in [0, 0.05) is 17.2 Å². The minimum Gasteiger partial charge on any atom is -0.459 e. The minimum absolute atomic E-state index is 0.00770. The number of aliphatic hydroxyl groups excluding tert-OH is 1. The Balaban J connectivity index is 1.62. The van der Waals surface area contributed by atoms with Gasteiger partial charge in [0.05, 0.1) is 22.3 Å². The Morgan fingerprint density at radius 3 is 1.69 bits per heavy atom. The van der Waals surface area contributed by atoms with Crippen LogP contribution >= 0.6 is 0 Å². The van der Waals surface area contributed by atoms with Crippen LogP contribution in [0.15, 0.2) is 48.5 Å². The average Bonchev–Trinajstić information content (AvgIpc) is 2.87. The summed E-state index contributed by atoms with van der Waals surface area (Å²) in [5.41, 5.74) is 1.96. The van der Waals surface area contributed by atoms with Crippen molar-refractivity contribution in [1.82, 2.24) is 0 Å². The van der Waals surface area contributed by atoms with Crippen LogP contribution in [0, 0.1) is 0 Å². The second-order valence-corrected chi connectivity index (χ2v) is 9.31. The summed E-state index contributed by atoms with van der Waals surface area (Å²) in [5.74, 6) is -1.49. The van der Waals surface area contributed by atoms with E-state index >= 15 is 0 Å². The molecule has 2 heterocycles. The second kappa shape index (κ2) is 6.85. The van der Waals surface area contributed by atoms with Gasteiger partial charge in [0.15, 0.2) is 6.54 Å². The smallest absolute Gasteiger partial charge is 0.423 e. The topological polar surface area (TPSA) is 83.7 Å². The van der Waals surface area contributed by atoms with E-state index in [-0.39, 0.29) is 11.8 Å². The molecule has 2 aliphatic heterocycles. The largest absolute Gasteiger partial charge is 0.459 e. The average molecular weight is 462 g/mol. The molecule has 0 atom stereocenters. The Hall–Kier alpha value is -4.32. The van der Waals surface area contributed by atoms with Crippen LogP contribution in [0.4, 0.5) is 0 Å². The summed E-state index contributed by atoms with van der Waals surface area (Å²) in [4.78, 5) is 38.4. The van der Waals surface area contributed by atoms with Gasteiger partial charge in [-0.3, -0.25) is 0 Å². The quantitative estimate of drug-likeness (QED) is 0.0924. The number of cyclic esters (lactones) is 2. The third-order valence-electron chi connectivity index (χ3n) is 7.48. The lowest BCUT2D eigenvalue weighted by atomic mass is 9.83. The number of ether oxygens (including phenoxy) is 1. The number of rotatable bonds is 4. The van der Waals surface area contributed by atoms with E-state index in [1.165, 1.54) is 4.58 Å². The zero-order valence-electron chi connectivity index (χ0n) is 19.0. The predicted molar refractivity (Wildman–Crippen MR) is 133 cm³/mol.